The fourth-order valence-corrected chi connectivity index (χ4v) is 1.98. The van der Waals surface area contributed by atoms with Crippen LogP contribution in [-0.2, 0) is 0 Å². The van der Waals surface area contributed by atoms with Crippen LogP contribution in [0.5, 0.6) is 0 Å². The number of hydrogen-bond acceptors (Lipinski definition) is 3. The second-order valence-electron chi connectivity index (χ2n) is 3.88. The van der Waals surface area contributed by atoms with E-state index in [1.54, 1.807) is 0 Å². The van der Waals surface area contributed by atoms with E-state index in [0.29, 0.717) is 4.47 Å². The van der Waals surface area contributed by atoms with Crippen molar-refractivity contribution < 1.29 is 19.1 Å². The number of nitrogens with one attached hydrogen (secondary N) is 1. The maximum atomic E-state index is 13.2. The summed E-state index contributed by atoms with van der Waals surface area (Å²) in [6.45, 7) is 0. The molecule has 0 saturated heterocycles. The monoisotopic (exact) mass is 338 g/mol. The lowest BCUT2D eigenvalue weighted by Gasteiger charge is -2.06. The van der Waals surface area contributed by atoms with Gasteiger partial charge in [0.2, 0.25) is 0 Å². The van der Waals surface area contributed by atoms with E-state index in [4.69, 9.17) is 5.11 Å². The molecule has 2 rings (SSSR count). The average molecular weight is 339 g/mol. The average Bonchev–Trinajstić information content (AvgIpc) is 2.37. The molecule has 0 aliphatic rings. The fraction of sp³-hybridized carbons (Fsp3) is 0. The first-order valence-electron chi connectivity index (χ1n) is 5.41. The van der Waals surface area contributed by atoms with E-state index in [0.717, 1.165) is 12.3 Å². The van der Waals surface area contributed by atoms with E-state index < -0.39 is 17.7 Å². The van der Waals surface area contributed by atoms with Crippen molar-refractivity contribution in [2.24, 2.45) is 0 Å². The Labute approximate surface area is 121 Å². The van der Waals surface area contributed by atoms with Crippen LogP contribution in [0.3, 0.4) is 0 Å². The van der Waals surface area contributed by atoms with Gasteiger partial charge in [-0.05, 0) is 24.3 Å². The molecule has 0 atom stereocenters. The van der Waals surface area contributed by atoms with Gasteiger partial charge in [-0.2, -0.15) is 0 Å². The van der Waals surface area contributed by atoms with E-state index in [1.807, 2.05) is 0 Å². The van der Waals surface area contributed by atoms with Crippen molar-refractivity contribution in [3.8, 4) is 0 Å². The summed E-state index contributed by atoms with van der Waals surface area (Å²) < 4.78 is 13.6. The van der Waals surface area contributed by atoms with Crippen LogP contribution in [0, 0.1) is 5.82 Å². The lowest BCUT2D eigenvalue weighted by atomic mass is 10.2. The Morgan fingerprint density at radius 1 is 1.15 bits per heavy atom. The molecular formula is C13H8BrFN2O3. The zero-order valence-electron chi connectivity index (χ0n) is 9.93. The number of carbonyl (C=O) groups excluding carboxylic acids is 1. The Morgan fingerprint density at radius 2 is 1.90 bits per heavy atom. The summed E-state index contributed by atoms with van der Waals surface area (Å²) >= 11 is 3.09. The van der Waals surface area contributed by atoms with E-state index in [9.17, 15) is 14.0 Å². The minimum Gasteiger partial charge on any atom is -0.478 e. The number of carboxylic acids is 1. The number of pyridine rings is 1. The highest BCUT2D eigenvalue weighted by Crippen LogP contribution is 2.16. The van der Waals surface area contributed by atoms with Gasteiger partial charge in [0.15, 0.2) is 0 Å². The number of halogens is 2. The number of aromatic nitrogens is 1. The molecule has 0 bridgehead atoms. The lowest BCUT2D eigenvalue weighted by Crippen LogP contribution is -2.13. The highest BCUT2D eigenvalue weighted by molar-refractivity contribution is 9.10. The van der Waals surface area contributed by atoms with Crippen molar-refractivity contribution in [1.82, 2.24) is 4.98 Å². The first kappa shape index (κ1) is 14.1. The molecule has 20 heavy (non-hydrogen) atoms. The van der Waals surface area contributed by atoms with Crippen LogP contribution in [0.15, 0.2) is 41.1 Å². The molecule has 0 fully saturated rings. The van der Waals surface area contributed by atoms with Crippen molar-refractivity contribution in [3.05, 3.63) is 58.1 Å². The third kappa shape index (κ3) is 3.39. The normalized spacial score (nSPS) is 10.1. The molecule has 2 aromatic rings. The molecule has 5 nitrogen and oxygen atoms in total. The Bertz CT molecular complexity index is 671. The third-order valence-electron chi connectivity index (χ3n) is 2.37. The van der Waals surface area contributed by atoms with E-state index in [1.165, 1.54) is 24.4 Å². The smallest absolute Gasteiger partial charge is 0.337 e. The minimum absolute atomic E-state index is 0.0526. The van der Waals surface area contributed by atoms with Gasteiger partial charge in [-0.3, -0.25) is 9.78 Å². The third-order valence-corrected chi connectivity index (χ3v) is 2.83. The summed E-state index contributed by atoms with van der Waals surface area (Å²) in [5.74, 6) is -2.27. The molecule has 0 aliphatic carbocycles. The molecule has 0 aliphatic heterocycles. The number of carbonyl (C=O) groups is 2. The zero-order chi connectivity index (χ0) is 14.7. The van der Waals surface area contributed by atoms with E-state index >= 15 is 0 Å². The van der Waals surface area contributed by atoms with Crippen LogP contribution < -0.4 is 5.32 Å². The van der Waals surface area contributed by atoms with Crippen molar-refractivity contribution in [2.45, 2.75) is 0 Å². The fourth-order valence-electron chi connectivity index (χ4n) is 1.51. The summed E-state index contributed by atoms with van der Waals surface area (Å²) in [6.07, 6.45) is 2.47. The molecule has 0 unspecified atom stereocenters. The lowest BCUT2D eigenvalue weighted by molar-refractivity contribution is 0.0696. The molecule has 1 aromatic carbocycles. The van der Waals surface area contributed by atoms with Crippen molar-refractivity contribution in [3.63, 3.8) is 0 Å². The molecule has 0 saturated carbocycles. The standard InChI is InChI=1S/C13H8BrFN2O3/c14-9-1-7(2-10(15)4-9)12(18)17-11-3-8(13(19)20)5-16-6-11/h1-6H,(H,17,18)(H,19,20). The SMILES string of the molecule is O=C(O)c1cncc(NC(=O)c2cc(F)cc(Br)c2)c1. The molecule has 0 radical (unpaired) electrons. The number of nitrogens with zero attached hydrogens (tertiary/aromatic N) is 1. The Kier molecular flexibility index (Phi) is 4.09. The molecule has 0 spiro atoms. The largest absolute Gasteiger partial charge is 0.478 e. The van der Waals surface area contributed by atoms with Crippen LogP contribution in [0.25, 0.3) is 0 Å². The number of carboxylic acid groups (broad SMARTS) is 1. The second kappa shape index (κ2) is 5.79. The van der Waals surface area contributed by atoms with E-state index in [2.05, 4.69) is 26.2 Å². The van der Waals surface area contributed by atoms with Crippen molar-refractivity contribution in [1.29, 1.82) is 0 Å². The molecule has 1 amide bonds. The summed E-state index contributed by atoms with van der Waals surface area (Å²) in [5, 5.41) is 11.3. The van der Waals surface area contributed by atoms with Gasteiger partial charge in [0.05, 0.1) is 17.4 Å². The molecule has 102 valence electrons. The Morgan fingerprint density at radius 3 is 2.55 bits per heavy atom. The van der Waals surface area contributed by atoms with Gasteiger partial charge < -0.3 is 10.4 Å². The predicted molar refractivity (Wildman–Crippen MR) is 73.2 cm³/mol. The van der Waals surface area contributed by atoms with Gasteiger partial charge in [-0.1, -0.05) is 15.9 Å². The molecule has 1 heterocycles. The van der Waals surface area contributed by atoms with Crippen LogP contribution >= 0.6 is 15.9 Å². The quantitative estimate of drug-likeness (QED) is 0.901. The van der Waals surface area contributed by atoms with Gasteiger partial charge in [0.1, 0.15) is 5.82 Å². The highest BCUT2D eigenvalue weighted by atomic mass is 79.9. The number of amides is 1. The van der Waals surface area contributed by atoms with Crippen LogP contribution in [-0.4, -0.2) is 22.0 Å². The summed E-state index contributed by atoms with van der Waals surface area (Å²) in [4.78, 5) is 26.4. The van der Waals surface area contributed by atoms with Crippen LogP contribution in [0.2, 0.25) is 0 Å². The van der Waals surface area contributed by atoms with Gasteiger partial charge >= 0.3 is 5.97 Å². The van der Waals surface area contributed by atoms with Crippen molar-refractivity contribution >= 4 is 33.5 Å². The first-order chi connectivity index (χ1) is 9.45. The minimum atomic E-state index is -1.15. The topological polar surface area (TPSA) is 79.3 Å². The second-order valence-corrected chi connectivity index (χ2v) is 4.80. The van der Waals surface area contributed by atoms with Crippen LogP contribution in [0.1, 0.15) is 20.7 Å². The van der Waals surface area contributed by atoms with Crippen molar-refractivity contribution in [2.75, 3.05) is 5.32 Å². The maximum Gasteiger partial charge on any atom is 0.337 e. The zero-order valence-corrected chi connectivity index (χ0v) is 11.5. The maximum absolute atomic E-state index is 13.2. The molecule has 2 N–H and O–H groups in total. The molecule has 7 heteroatoms. The number of rotatable bonds is 3. The Hall–Kier alpha value is -2.28. The van der Waals surface area contributed by atoms with Gasteiger partial charge in [0, 0.05) is 16.2 Å². The van der Waals surface area contributed by atoms with Gasteiger partial charge in [0.25, 0.3) is 5.91 Å². The molecule has 1 aromatic heterocycles. The summed E-state index contributed by atoms with van der Waals surface area (Å²) in [6, 6.07) is 5.02. The number of anilines is 1. The summed E-state index contributed by atoms with van der Waals surface area (Å²) in [5.41, 5.74) is 0.274. The Balaban J connectivity index is 2.23. The van der Waals surface area contributed by atoms with Gasteiger partial charge in [-0.15, -0.1) is 0 Å². The number of hydrogen-bond donors (Lipinski definition) is 2. The highest BCUT2D eigenvalue weighted by Gasteiger charge is 2.10. The summed E-state index contributed by atoms with van der Waals surface area (Å²) in [7, 11) is 0. The predicted octanol–water partition coefficient (Wildman–Crippen LogP) is 2.93. The molecular weight excluding hydrogens is 331 g/mol. The van der Waals surface area contributed by atoms with Crippen LogP contribution in [0.4, 0.5) is 10.1 Å². The number of aromatic carboxylic acids is 1. The van der Waals surface area contributed by atoms with Gasteiger partial charge in [-0.25, -0.2) is 9.18 Å². The van der Waals surface area contributed by atoms with E-state index in [-0.39, 0.29) is 16.8 Å². The first-order valence-corrected chi connectivity index (χ1v) is 6.21. The number of benzene rings is 1.